The summed E-state index contributed by atoms with van der Waals surface area (Å²) >= 11 is 0. The number of H-pyrrole nitrogens is 1. The van der Waals surface area contributed by atoms with Gasteiger partial charge in [0.05, 0.1) is 12.2 Å². The van der Waals surface area contributed by atoms with E-state index in [-0.39, 0.29) is 5.97 Å². The van der Waals surface area contributed by atoms with E-state index in [1.807, 2.05) is 0 Å². The number of rotatable bonds is 3. The molecule has 0 radical (unpaired) electrons. The Kier molecular flexibility index (Phi) is 2.90. The van der Waals surface area contributed by atoms with Gasteiger partial charge in [-0.1, -0.05) is 12.1 Å². The van der Waals surface area contributed by atoms with E-state index in [4.69, 9.17) is 4.74 Å². The fourth-order valence-electron chi connectivity index (χ4n) is 1.28. The molecule has 0 bridgehead atoms. The lowest BCUT2D eigenvalue weighted by Crippen LogP contribution is -2.04. The summed E-state index contributed by atoms with van der Waals surface area (Å²) in [6.07, 6.45) is 0. The Morgan fingerprint density at radius 3 is 3.06 bits per heavy atom. The number of nitrogens with zero attached hydrogens (tertiary/aromatic N) is 3. The maximum absolute atomic E-state index is 11.5. The lowest BCUT2D eigenvalue weighted by atomic mass is 10.1. The molecule has 6 nitrogen and oxygen atoms in total. The zero-order valence-corrected chi connectivity index (χ0v) is 8.67. The molecule has 0 aliphatic rings. The first-order valence-corrected chi connectivity index (χ1v) is 4.82. The molecule has 1 heterocycles. The summed E-state index contributed by atoms with van der Waals surface area (Å²) in [5.74, 6) is 0.0963. The van der Waals surface area contributed by atoms with Gasteiger partial charge in [-0.25, -0.2) is 4.79 Å². The molecule has 0 saturated carbocycles. The molecule has 0 unspecified atom stereocenters. The van der Waals surface area contributed by atoms with Gasteiger partial charge in [0.15, 0.2) is 0 Å². The van der Waals surface area contributed by atoms with Gasteiger partial charge in [-0.15, -0.1) is 10.2 Å². The summed E-state index contributed by atoms with van der Waals surface area (Å²) in [5, 5.41) is 13.5. The van der Waals surface area contributed by atoms with E-state index in [1.54, 1.807) is 31.2 Å². The highest BCUT2D eigenvalue weighted by molar-refractivity contribution is 5.90. The van der Waals surface area contributed by atoms with Crippen molar-refractivity contribution in [1.29, 1.82) is 0 Å². The van der Waals surface area contributed by atoms with Crippen LogP contribution >= 0.6 is 0 Å². The highest BCUT2D eigenvalue weighted by Gasteiger charge is 2.09. The minimum absolute atomic E-state index is 0.352. The van der Waals surface area contributed by atoms with Crippen LogP contribution in [-0.2, 0) is 4.74 Å². The minimum atomic E-state index is -0.354. The molecule has 6 heteroatoms. The molecule has 2 aromatic rings. The molecule has 0 fully saturated rings. The maximum Gasteiger partial charge on any atom is 0.338 e. The first kappa shape index (κ1) is 10.3. The van der Waals surface area contributed by atoms with E-state index in [2.05, 4.69) is 20.6 Å². The maximum atomic E-state index is 11.5. The van der Waals surface area contributed by atoms with Crippen LogP contribution in [0, 0.1) is 0 Å². The van der Waals surface area contributed by atoms with Crippen molar-refractivity contribution in [3.63, 3.8) is 0 Å². The average Bonchev–Trinajstić information content (AvgIpc) is 2.83. The molecule has 0 saturated heterocycles. The molecule has 0 amide bonds. The van der Waals surface area contributed by atoms with Crippen molar-refractivity contribution in [3.05, 3.63) is 29.8 Å². The highest BCUT2D eigenvalue weighted by atomic mass is 16.5. The Morgan fingerprint density at radius 2 is 2.38 bits per heavy atom. The Balaban J connectivity index is 2.30. The molecular weight excluding hydrogens is 208 g/mol. The van der Waals surface area contributed by atoms with Gasteiger partial charge in [-0.05, 0) is 24.3 Å². The Labute approximate surface area is 91.6 Å². The van der Waals surface area contributed by atoms with Gasteiger partial charge in [0.2, 0.25) is 5.82 Å². The fraction of sp³-hybridized carbons (Fsp3) is 0.200. The second-order valence-electron chi connectivity index (χ2n) is 3.04. The van der Waals surface area contributed by atoms with Crippen LogP contribution in [0.25, 0.3) is 11.4 Å². The Hall–Kier alpha value is -2.24. The molecule has 0 spiro atoms. The predicted octanol–water partition coefficient (Wildman–Crippen LogP) is 1.04. The molecule has 82 valence electrons. The monoisotopic (exact) mass is 218 g/mol. The molecule has 1 aromatic heterocycles. The lowest BCUT2D eigenvalue weighted by Gasteiger charge is -2.02. The molecule has 2 rings (SSSR count). The summed E-state index contributed by atoms with van der Waals surface area (Å²) in [7, 11) is 0. The molecule has 0 aliphatic heterocycles. The third-order valence-electron chi connectivity index (χ3n) is 1.98. The van der Waals surface area contributed by atoms with Crippen molar-refractivity contribution in [3.8, 4) is 11.4 Å². The van der Waals surface area contributed by atoms with E-state index >= 15 is 0 Å². The van der Waals surface area contributed by atoms with Crippen molar-refractivity contribution in [1.82, 2.24) is 20.6 Å². The second-order valence-corrected chi connectivity index (χ2v) is 3.04. The smallest absolute Gasteiger partial charge is 0.338 e. The number of hydrogen-bond donors (Lipinski definition) is 1. The van der Waals surface area contributed by atoms with E-state index in [9.17, 15) is 4.79 Å². The van der Waals surface area contributed by atoms with E-state index < -0.39 is 0 Å². The number of benzene rings is 1. The third-order valence-corrected chi connectivity index (χ3v) is 1.98. The summed E-state index contributed by atoms with van der Waals surface area (Å²) in [6, 6.07) is 6.90. The van der Waals surface area contributed by atoms with Gasteiger partial charge in [-0.2, -0.15) is 5.21 Å². The molecule has 0 atom stereocenters. The number of carbonyl (C=O) groups is 1. The Morgan fingerprint density at radius 1 is 1.50 bits per heavy atom. The standard InChI is InChI=1S/C10H10N4O2/c1-2-16-10(15)8-5-3-4-7(6-8)9-11-13-14-12-9/h3-6H,2H2,1H3,(H,11,12,13,14). The fourth-order valence-corrected chi connectivity index (χ4v) is 1.28. The van der Waals surface area contributed by atoms with Crippen molar-refractivity contribution in [2.75, 3.05) is 6.61 Å². The van der Waals surface area contributed by atoms with Gasteiger partial charge in [0, 0.05) is 5.56 Å². The number of hydrogen-bond acceptors (Lipinski definition) is 5. The summed E-state index contributed by atoms with van der Waals surface area (Å²) in [4.78, 5) is 11.5. The number of tetrazole rings is 1. The summed E-state index contributed by atoms with van der Waals surface area (Å²) in [5.41, 5.74) is 1.20. The van der Waals surface area contributed by atoms with Gasteiger partial charge in [-0.3, -0.25) is 0 Å². The number of ether oxygens (including phenoxy) is 1. The number of nitrogens with one attached hydrogen (secondary N) is 1. The Bertz CT molecular complexity index is 481. The SMILES string of the molecule is CCOC(=O)c1cccc(-c2nn[nH]n2)c1. The molecule has 1 aromatic carbocycles. The quantitative estimate of drug-likeness (QED) is 0.778. The van der Waals surface area contributed by atoms with Crippen molar-refractivity contribution >= 4 is 5.97 Å². The van der Waals surface area contributed by atoms with Gasteiger partial charge in [0.1, 0.15) is 0 Å². The van der Waals surface area contributed by atoms with Crippen molar-refractivity contribution < 1.29 is 9.53 Å². The van der Waals surface area contributed by atoms with Crippen LogP contribution in [-0.4, -0.2) is 33.2 Å². The number of aromatic amines is 1. The van der Waals surface area contributed by atoms with E-state index in [0.29, 0.717) is 18.0 Å². The van der Waals surface area contributed by atoms with E-state index in [0.717, 1.165) is 5.56 Å². The molecule has 16 heavy (non-hydrogen) atoms. The van der Waals surface area contributed by atoms with Crippen LogP contribution < -0.4 is 0 Å². The van der Waals surface area contributed by atoms with Crippen LogP contribution in [0.5, 0.6) is 0 Å². The van der Waals surface area contributed by atoms with Crippen LogP contribution in [0.1, 0.15) is 17.3 Å². The second kappa shape index (κ2) is 4.52. The topological polar surface area (TPSA) is 80.8 Å². The van der Waals surface area contributed by atoms with E-state index in [1.165, 1.54) is 0 Å². The van der Waals surface area contributed by atoms with Crippen LogP contribution in [0.4, 0.5) is 0 Å². The van der Waals surface area contributed by atoms with Gasteiger partial charge >= 0.3 is 5.97 Å². The number of esters is 1. The van der Waals surface area contributed by atoms with Gasteiger partial charge < -0.3 is 4.74 Å². The number of aromatic nitrogens is 4. The lowest BCUT2D eigenvalue weighted by molar-refractivity contribution is 0.0526. The largest absolute Gasteiger partial charge is 0.462 e. The average molecular weight is 218 g/mol. The van der Waals surface area contributed by atoms with Crippen molar-refractivity contribution in [2.24, 2.45) is 0 Å². The molecule has 0 aliphatic carbocycles. The highest BCUT2D eigenvalue weighted by Crippen LogP contribution is 2.15. The third kappa shape index (κ3) is 2.05. The molecular formula is C10H10N4O2. The van der Waals surface area contributed by atoms with Crippen LogP contribution in [0.2, 0.25) is 0 Å². The predicted molar refractivity (Wildman–Crippen MR) is 55.6 cm³/mol. The zero-order valence-electron chi connectivity index (χ0n) is 8.67. The summed E-state index contributed by atoms with van der Waals surface area (Å²) < 4.78 is 4.90. The van der Waals surface area contributed by atoms with Crippen LogP contribution in [0.15, 0.2) is 24.3 Å². The normalized spacial score (nSPS) is 10.1. The summed E-state index contributed by atoms with van der Waals surface area (Å²) in [6.45, 7) is 2.12. The first-order valence-electron chi connectivity index (χ1n) is 4.82. The van der Waals surface area contributed by atoms with Gasteiger partial charge in [0.25, 0.3) is 0 Å². The zero-order chi connectivity index (χ0) is 11.4. The number of carbonyl (C=O) groups excluding carboxylic acids is 1. The van der Waals surface area contributed by atoms with Crippen molar-refractivity contribution in [2.45, 2.75) is 6.92 Å². The minimum Gasteiger partial charge on any atom is -0.462 e. The molecule has 1 N–H and O–H groups in total. The first-order chi connectivity index (χ1) is 7.81. The van der Waals surface area contributed by atoms with Crippen LogP contribution in [0.3, 0.4) is 0 Å².